The van der Waals surface area contributed by atoms with E-state index in [0.29, 0.717) is 38.0 Å². The van der Waals surface area contributed by atoms with Gasteiger partial charge in [0.2, 0.25) is 0 Å². The molecule has 0 atom stereocenters. The lowest BCUT2D eigenvalue weighted by Gasteiger charge is -2.09. The number of fused-ring (bicyclic) bond motifs is 3. The molecule has 0 fully saturated rings. The van der Waals surface area contributed by atoms with Crippen LogP contribution in [0.2, 0.25) is 5.02 Å². The molecule has 2 aromatic heterocycles. The number of hydrogen-bond acceptors (Lipinski definition) is 4. The Balaban J connectivity index is 1.91. The number of nitrogens with one attached hydrogen (secondary N) is 1. The van der Waals surface area contributed by atoms with Crippen LogP contribution >= 0.6 is 11.6 Å². The number of aryl methyl sites for hydroxylation is 2. The van der Waals surface area contributed by atoms with E-state index < -0.39 is 0 Å². The van der Waals surface area contributed by atoms with Crippen LogP contribution in [0, 0.1) is 25.2 Å². The summed E-state index contributed by atoms with van der Waals surface area (Å²) in [7, 11) is 0. The Hall–Kier alpha value is -4.14. The predicted octanol–water partition coefficient (Wildman–Crippen LogP) is 5.23. The number of nitrogens with zero attached hydrogens (tertiary/aromatic N) is 3. The fourth-order valence-corrected chi connectivity index (χ4v) is 4.15. The molecule has 1 N–H and O–H groups in total. The highest BCUT2D eigenvalue weighted by Crippen LogP contribution is 2.26. The van der Waals surface area contributed by atoms with Crippen molar-refractivity contribution in [1.29, 1.82) is 5.26 Å². The summed E-state index contributed by atoms with van der Waals surface area (Å²) in [5, 5.41) is 14.4. The monoisotopic (exact) mass is 450 g/mol. The molecule has 0 aliphatic rings. The molecule has 0 unspecified atom stereocenters. The van der Waals surface area contributed by atoms with Crippen LogP contribution in [0.1, 0.15) is 16.7 Å². The number of benzene rings is 3. The van der Waals surface area contributed by atoms with E-state index in [2.05, 4.69) is 11.4 Å². The summed E-state index contributed by atoms with van der Waals surface area (Å²) in [5.41, 5.74) is 6.10. The highest BCUT2D eigenvalue weighted by molar-refractivity contribution is 6.30. The zero-order valence-corrected chi connectivity index (χ0v) is 18.8. The molecule has 0 saturated heterocycles. The summed E-state index contributed by atoms with van der Waals surface area (Å²) in [6.45, 7) is 4.00. The number of imidazole rings is 1. The lowest BCUT2D eigenvalue weighted by molar-refractivity contribution is 1.12. The van der Waals surface area contributed by atoms with Crippen molar-refractivity contribution in [2.75, 3.05) is 5.32 Å². The van der Waals surface area contributed by atoms with Crippen LogP contribution in [0.15, 0.2) is 71.5 Å². The molecule has 0 spiro atoms. The molecule has 0 bridgehead atoms. The second-order valence-corrected chi connectivity index (χ2v) is 8.37. The fraction of sp³-hybridized carbons (Fsp3) is 0.0741. The highest BCUT2D eigenvalue weighted by Gasteiger charge is 2.20. The van der Waals surface area contributed by atoms with Crippen molar-refractivity contribution < 1.29 is 0 Å². The van der Waals surface area contributed by atoms with Gasteiger partial charge in [0, 0.05) is 22.5 Å². The Morgan fingerprint density at radius 3 is 2.42 bits per heavy atom. The van der Waals surface area contributed by atoms with Crippen molar-refractivity contribution in [3.63, 3.8) is 0 Å². The molecule has 0 radical (unpaired) electrons. The molecule has 5 nitrogen and oxygen atoms in total. The van der Waals surface area contributed by atoms with Gasteiger partial charge in [-0.2, -0.15) is 5.26 Å². The van der Waals surface area contributed by atoms with Gasteiger partial charge in [-0.05, 0) is 66.9 Å². The van der Waals surface area contributed by atoms with Gasteiger partial charge in [-0.1, -0.05) is 41.9 Å². The second kappa shape index (κ2) is 8.09. The smallest absolute Gasteiger partial charge is 0.266 e. The largest absolute Gasteiger partial charge is 0.361 e. The van der Waals surface area contributed by atoms with Crippen LogP contribution in [0.25, 0.3) is 34.0 Å². The van der Waals surface area contributed by atoms with Crippen LogP contribution < -0.4 is 16.1 Å². The Kier molecular flexibility index (Phi) is 5.08. The van der Waals surface area contributed by atoms with Gasteiger partial charge >= 0.3 is 0 Å². The topological polar surface area (TPSA) is 70.2 Å². The number of anilines is 1. The van der Waals surface area contributed by atoms with Gasteiger partial charge in [-0.15, -0.1) is 0 Å². The van der Waals surface area contributed by atoms with Crippen LogP contribution in [0.3, 0.4) is 0 Å². The first-order valence-corrected chi connectivity index (χ1v) is 10.8. The van der Waals surface area contributed by atoms with Crippen LogP contribution in [0.4, 0.5) is 5.69 Å². The predicted molar refractivity (Wildman–Crippen MR) is 133 cm³/mol. The first kappa shape index (κ1) is 20.7. The highest BCUT2D eigenvalue weighted by atomic mass is 35.5. The Bertz CT molecular complexity index is 1680. The van der Waals surface area contributed by atoms with Crippen molar-refractivity contribution in [2.45, 2.75) is 13.8 Å². The van der Waals surface area contributed by atoms with E-state index in [1.165, 1.54) is 0 Å². The van der Waals surface area contributed by atoms with Crippen LogP contribution in [-0.2, 0) is 0 Å². The molecule has 2 heterocycles. The first-order chi connectivity index (χ1) is 16.0. The van der Waals surface area contributed by atoms with Gasteiger partial charge in [0.25, 0.3) is 5.56 Å². The van der Waals surface area contributed by atoms with E-state index in [1.807, 2.05) is 68.4 Å². The molecule has 5 rings (SSSR count). The molecule has 33 heavy (non-hydrogen) atoms. The van der Waals surface area contributed by atoms with Crippen LogP contribution in [0.5, 0.6) is 0 Å². The fourth-order valence-electron chi connectivity index (χ4n) is 4.03. The second-order valence-electron chi connectivity index (χ2n) is 7.94. The third kappa shape index (κ3) is 3.51. The molecular formula is C27H19ClN4O. The van der Waals surface area contributed by atoms with Gasteiger partial charge < -0.3 is 5.32 Å². The zero-order chi connectivity index (χ0) is 23.1. The molecule has 160 valence electrons. The Morgan fingerprint density at radius 1 is 1.03 bits per heavy atom. The maximum absolute atomic E-state index is 13.9. The summed E-state index contributed by atoms with van der Waals surface area (Å²) in [6.07, 6.45) is 1.65. The summed E-state index contributed by atoms with van der Waals surface area (Å²) in [5.74, 6) is 0. The van der Waals surface area contributed by atoms with E-state index in [9.17, 15) is 10.1 Å². The molecule has 6 heteroatoms. The third-order valence-corrected chi connectivity index (χ3v) is 6.10. The molecule has 0 amide bonds. The van der Waals surface area contributed by atoms with Crippen molar-refractivity contribution in [2.24, 2.45) is 0 Å². The Labute approximate surface area is 195 Å². The molecule has 0 aliphatic heterocycles. The molecule has 0 aliphatic carbocycles. The number of halogens is 1. The zero-order valence-electron chi connectivity index (χ0n) is 18.1. The van der Waals surface area contributed by atoms with Crippen molar-refractivity contribution in [1.82, 2.24) is 9.38 Å². The average molecular weight is 451 g/mol. The minimum Gasteiger partial charge on any atom is -0.361 e. The number of pyridine rings is 1. The maximum atomic E-state index is 13.9. The van der Waals surface area contributed by atoms with Gasteiger partial charge in [-0.3, -0.25) is 9.20 Å². The summed E-state index contributed by atoms with van der Waals surface area (Å²) >= 11 is 6.00. The minimum atomic E-state index is -0.241. The van der Waals surface area contributed by atoms with E-state index >= 15 is 0 Å². The summed E-state index contributed by atoms with van der Waals surface area (Å²) < 4.78 is 1.54. The van der Waals surface area contributed by atoms with Crippen molar-refractivity contribution in [3.8, 4) is 17.2 Å². The summed E-state index contributed by atoms with van der Waals surface area (Å²) in [4.78, 5) is 18.6. The Morgan fingerprint density at radius 2 is 1.73 bits per heavy atom. The number of aromatic nitrogens is 2. The lowest BCUT2D eigenvalue weighted by atomic mass is 9.99. The van der Waals surface area contributed by atoms with Crippen molar-refractivity contribution >= 4 is 40.2 Å². The maximum Gasteiger partial charge on any atom is 0.266 e. The average Bonchev–Trinajstić information content (AvgIpc) is 3.18. The quantitative estimate of drug-likeness (QED) is 0.409. The number of hydrogen-bond donors (Lipinski definition) is 1. The van der Waals surface area contributed by atoms with Gasteiger partial charge in [0.15, 0.2) is 5.65 Å². The molecule has 3 aromatic carbocycles. The summed E-state index contributed by atoms with van der Waals surface area (Å²) in [6, 6.07) is 22.9. The molecule has 5 aromatic rings. The van der Waals surface area contributed by atoms with Crippen LogP contribution in [-0.4, -0.2) is 9.38 Å². The minimum absolute atomic E-state index is 0.241. The first-order valence-electron chi connectivity index (χ1n) is 10.4. The van der Waals surface area contributed by atoms with E-state index in [1.54, 1.807) is 22.7 Å². The van der Waals surface area contributed by atoms with Gasteiger partial charge in [-0.25, -0.2) is 4.98 Å². The van der Waals surface area contributed by atoms with Gasteiger partial charge in [0.1, 0.15) is 11.6 Å². The van der Waals surface area contributed by atoms with E-state index in [4.69, 9.17) is 16.6 Å². The van der Waals surface area contributed by atoms with E-state index in [-0.39, 0.29) is 5.56 Å². The molecular weight excluding hydrogens is 432 g/mol. The number of nitriles is 1. The van der Waals surface area contributed by atoms with Crippen molar-refractivity contribution in [3.05, 3.63) is 104 Å². The number of rotatable bonds is 3. The lowest BCUT2D eigenvalue weighted by Crippen LogP contribution is -2.34. The normalized spacial score (nSPS) is 11.8. The SMILES string of the molecule is Cc1cc2nc3c(C#N)c(-c4ccccc4)c(=CNc4ccc(Cl)cc4)c(=O)n3c2cc1C. The standard InChI is InChI=1S/C27H19ClN4O/c1-16-12-23-24(13-17(16)2)32-26(31-23)21(14-29)25(18-6-4-3-5-7-18)22(27(32)33)15-30-20-10-8-19(28)9-11-20/h3-13,15,30H,1-2H3. The van der Waals surface area contributed by atoms with Gasteiger partial charge in [0.05, 0.1) is 16.3 Å². The third-order valence-electron chi connectivity index (χ3n) is 5.85. The molecule has 0 saturated carbocycles. The van der Waals surface area contributed by atoms with E-state index in [0.717, 1.165) is 22.4 Å².